The van der Waals surface area contributed by atoms with E-state index < -0.39 is 5.82 Å². The maximum absolute atomic E-state index is 13.7. The monoisotopic (exact) mass is 274 g/mol. The lowest BCUT2D eigenvalue weighted by atomic mass is 10.2. The highest BCUT2D eigenvalue weighted by Crippen LogP contribution is 2.35. The molecule has 0 saturated heterocycles. The zero-order chi connectivity index (χ0) is 13.8. The van der Waals surface area contributed by atoms with Gasteiger partial charge in [-0.25, -0.2) is 4.39 Å². The minimum Gasteiger partial charge on any atom is -0.451 e. The van der Waals surface area contributed by atoms with Crippen LogP contribution in [0.25, 0.3) is 0 Å². The number of thioether (sulfide) groups is 1. The molecule has 0 fully saturated rings. The van der Waals surface area contributed by atoms with Crippen LogP contribution in [0.3, 0.4) is 0 Å². The maximum atomic E-state index is 13.7. The lowest BCUT2D eigenvalue weighted by molar-refractivity contribution is 0.442. The number of nitrogens with zero attached hydrogens (tertiary/aromatic N) is 1. The van der Waals surface area contributed by atoms with Crippen molar-refractivity contribution in [2.45, 2.75) is 4.90 Å². The van der Waals surface area contributed by atoms with Gasteiger partial charge in [-0.05, 0) is 30.5 Å². The van der Waals surface area contributed by atoms with E-state index in [0.717, 1.165) is 4.90 Å². The number of nitrogens with two attached hydrogens (primary N) is 1. The SMILES string of the molecule is CSc1cccc(Oc2c(N)cccc2F)c1C#N. The van der Waals surface area contributed by atoms with Crippen molar-refractivity contribution in [3.8, 4) is 17.6 Å². The van der Waals surface area contributed by atoms with Crippen molar-refractivity contribution in [2.75, 3.05) is 12.0 Å². The molecule has 2 N–H and O–H groups in total. The molecule has 0 aromatic heterocycles. The summed E-state index contributed by atoms with van der Waals surface area (Å²) in [4.78, 5) is 0.773. The molecular formula is C14H11FN2OS. The van der Waals surface area contributed by atoms with Crippen LogP contribution in [0.2, 0.25) is 0 Å². The van der Waals surface area contributed by atoms with Gasteiger partial charge in [0.1, 0.15) is 17.4 Å². The summed E-state index contributed by atoms with van der Waals surface area (Å²) in [6.45, 7) is 0. The highest BCUT2D eigenvalue weighted by atomic mass is 32.2. The van der Waals surface area contributed by atoms with E-state index >= 15 is 0 Å². The van der Waals surface area contributed by atoms with Crippen LogP contribution in [0.1, 0.15) is 5.56 Å². The van der Waals surface area contributed by atoms with E-state index in [1.807, 2.05) is 6.26 Å². The Morgan fingerprint density at radius 2 is 2.00 bits per heavy atom. The second-order valence-electron chi connectivity index (χ2n) is 3.71. The van der Waals surface area contributed by atoms with E-state index in [1.54, 1.807) is 24.3 Å². The summed E-state index contributed by atoms with van der Waals surface area (Å²) in [6, 6.07) is 11.5. The van der Waals surface area contributed by atoms with Gasteiger partial charge in [0, 0.05) is 4.90 Å². The number of rotatable bonds is 3. The van der Waals surface area contributed by atoms with E-state index in [-0.39, 0.29) is 11.4 Å². The van der Waals surface area contributed by atoms with E-state index in [9.17, 15) is 9.65 Å². The van der Waals surface area contributed by atoms with E-state index in [0.29, 0.717) is 11.3 Å². The standard InChI is InChI=1S/C14H11FN2OS/c1-19-13-7-3-6-12(9(13)8-16)18-14-10(15)4-2-5-11(14)17/h2-7H,17H2,1H3. The van der Waals surface area contributed by atoms with Crippen molar-refractivity contribution in [3.05, 3.63) is 47.8 Å². The van der Waals surface area contributed by atoms with Crippen molar-refractivity contribution < 1.29 is 9.13 Å². The molecule has 2 rings (SSSR count). The summed E-state index contributed by atoms with van der Waals surface area (Å²) >= 11 is 1.43. The largest absolute Gasteiger partial charge is 0.451 e. The zero-order valence-corrected chi connectivity index (χ0v) is 11.0. The lowest BCUT2D eigenvalue weighted by Crippen LogP contribution is -1.97. The predicted octanol–water partition coefficient (Wildman–Crippen LogP) is 3.79. The van der Waals surface area contributed by atoms with Crippen molar-refractivity contribution in [1.29, 1.82) is 5.26 Å². The summed E-state index contributed by atoms with van der Waals surface area (Å²) in [6.07, 6.45) is 1.86. The van der Waals surface area contributed by atoms with Gasteiger partial charge in [-0.1, -0.05) is 12.1 Å². The van der Waals surface area contributed by atoms with Crippen LogP contribution < -0.4 is 10.5 Å². The topological polar surface area (TPSA) is 59.0 Å². The Hall–Kier alpha value is -2.19. The number of hydrogen-bond donors (Lipinski definition) is 1. The Morgan fingerprint density at radius 3 is 2.63 bits per heavy atom. The first-order valence-electron chi connectivity index (χ1n) is 5.46. The minimum atomic E-state index is -0.557. The highest BCUT2D eigenvalue weighted by molar-refractivity contribution is 7.98. The molecule has 0 aliphatic rings. The van der Waals surface area contributed by atoms with Crippen LogP contribution >= 0.6 is 11.8 Å². The molecule has 5 heteroatoms. The van der Waals surface area contributed by atoms with Crippen molar-refractivity contribution >= 4 is 17.4 Å². The molecule has 0 spiro atoms. The molecule has 0 amide bonds. The molecule has 0 bridgehead atoms. The van der Waals surface area contributed by atoms with E-state index in [4.69, 9.17) is 10.5 Å². The molecule has 19 heavy (non-hydrogen) atoms. The summed E-state index contributed by atoms with van der Waals surface area (Å²) in [7, 11) is 0. The van der Waals surface area contributed by atoms with E-state index in [1.165, 1.54) is 23.9 Å². The molecule has 2 aromatic rings. The van der Waals surface area contributed by atoms with Crippen LogP contribution in [0.4, 0.5) is 10.1 Å². The molecule has 0 atom stereocenters. The number of halogens is 1. The minimum absolute atomic E-state index is 0.0581. The van der Waals surface area contributed by atoms with Gasteiger partial charge < -0.3 is 10.5 Å². The van der Waals surface area contributed by atoms with Crippen LogP contribution in [0, 0.1) is 17.1 Å². The molecular weight excluding hydrogens is 263 g/mol. The fourth-order valence-corrected chi connectivity index (χ4v) is 2.18. The number of para-hydroxylation sites is 1. The number of ether oxygens (including phenoxy) is 1. The fraction of sp³-hybridized carbons (Fsp3) is 0.0714. The summed E-state index contributed by atoms with van der Waals surface area (Å²) in [5.41, 5.74) is 6.24. The van der Waals surface area contributed by atoms with Crippen LogP contribution in [-0.4, -0.2) is 6.26 Å². The molecule has 0 saturated carbocycles. The van der Waals surface area contributed by atoms with Gasteiger partial charge in [0.05, 0.1) is 5.69 Å². The molecule has 0 unspecified atom stereocenters. The first-order valence-corrected chi connectivity index (χ1v) is 6.68. The average molecular weight is 274 g/mol. The molecule has 2 aromatic carbocycles. The first kappa shape index (κ1) is 13.2. The Labute approximate surface area is 114 Å². The first-order chi connectivity index (χ1) is 9.17. The second-order valence-corrected chi connectivity index (χ2v) is 4.55. The number of nitrogen functional groups attached to an aromatic ring is 1. The Kier molecular flexibility index (Phi) is 3.93. The molecule has 0 radical (unpaired) electrons. The predicted molar refractivity (Wildman–Crippen MR) is 73.8 cm³/mol. The van der Waals surface area contributed by atoms with Gasteiger partial charge in [0.25, 0.3) is 0 Å². The normalized spacial score (nSPS) is 9.95. The van der Waals surface area contributed by atoms with Crippen molar-refractivity contribution in [3.63, 3.8) is 0 Å². The van der Waals surface area contributed by atoms with Crippen LogP contribution in [0.5, 0.6) is 11.5 Å². The summed E-state index contributed by atoms with van der Waals surface area (Å²) < 4.78 is 19.1. The molecule has 0 aliphatic carbocycles. The second kappa shape index (κ2) is 5.63. The molecule has 0 aliphatic heterocycles. The average Bonchev–Trinajstić information content (AvgIpc) is 2.42. The Bertz CT molecular complexity index is 632. The van der Waals surface area contributed by atoms with Gasteiger partial charge in [0.15, 0.2) is 11.6 Å². The number of nitriles is 1. The quantitative estimate of drug-likeness (QED) is 0.683. The maximum Gasteiger partial charge on any atom is 0.185 e. The van der Waals surface area contributed by atoms with Crippen molar-refractivity contribution in [2.24, 2.45) is 0 Å². The third-order valence-corrected chi connectivity index (χ3v) is 3.31. The van der Waals surface area contributed by atoms with E-state index in [2.05, 4.69) is 6.07 Å². The molecule has 96 valence electrons. The molecule has 3 nitrogen and oxygen atoms in total. The van der Waals surface area contributed by atoms with Gasteiger partial charge >= 0.3 is 0 Å². The van der Waals surface area contributed by atoms with Crippen LogP contribution in [0.15, 0.2) is 41.3 Å². The van der Waals surface area contributed by atoms with Crippen LogP contribution in [-0.2, 0) is 0 Å². The summed E-state index contributed by atoms with van der Waals surface area (Å²) in [5, 5.41) is 9.18. The highest BCUT2D eigenvalue weighted by Gasteiger charge is 2.13. The number of hydrogen-bond acceptors (Lipinski definition) is 4. The van der Waals surface area contributed by atoms with Gasteiger partial charge in [-0.2, -0.15) is 5.26 Å². The van der Waals surface area contributed by atoms with Gasteiger partial charge in [-0.3, -0.25) is 0 Å². The third kappa shape index (κ3) is 2.64. The summed E-state index contributed by atoms with van der Waals surface area (Å²) in [5.74, 6) is -0.318. The van der Waals surface area contributed by atoms with Crippen molar-refractivity contribution in [1.82, 2.24) is 0 Å². The fourth-order valence-electron chi connectivity index (χ4n) is 1.62. The Balaban J connectivity index is 2.48. The Morgan fingerprint density at radius 1 is 1.26 bits per heavy atom. The zero-order valence-electron chi connectivity index (χ0n) is 10.2. The smallest absolute Gasteiger partial charge is 0.185 e. The number of anilines is 1. The lowest BCUT2D eigenvalue weighted by Gasteiger charge is -2.11. The van der Waals surface area contributed by atoms with Gasteiger partial charge in [-0.15, -0.1) is 11.8 Å². The molecule has 0 heterocycles. The number of benzene rings is 2. The third-order valence-electron chi connectivity index (χ3n) is 2.53. The van der Waals surface area contributed by atoms with Gasteiger partial charge in [0.2, 0.25) is 0 Å².